The highest BCUT2D eigenvalue weighted by Crippen LogP contribution is 2.37. The van der Waals surface area contributed by atoms with Crippen LogP contribution in [0.2, 0.25) is 0 Å². The quantitative estimate of drug-likeness (QED) is 0.866. The Hall–Kier alpha value is -1.18. The van der Waals surface area contributed by atoms with E-state index in [2.05, 4.69) is 0 Å². The van der Waals surface area contributed by atoms with Crippen LogP contribution in [0.5, 0.6) is 0 Å². The second-order valence-electron chi connectivity index (χ2n) is 6.87. The van der Waals surface area contributed by atoms with Crippen LogP contribution >= 0.6 is 12.4 Å². The third-order valence-electron chi connectivity index (χ3n) is 5.23. The minimum atomic E-state index is -3.47. The Bertz CT molecular complexity index is 864. The molecule has 2 N–H and O–H groups in total. The Morgan fingerprint density at radius 3 is 2.40 bits per heavy atom. The lowest BCUT2D eigenvalue weighted by Crippen LogP contribution is -2.46. The zero-order chi connectivity index (χ0) is 16.8. The van der Waals surface area contributed by atoms with Crippen molar-refractivity contribution in [1.29, 1.82) is 0 Å². The number of halogens is 1. The van der Waals surface area contributed by atoms with Gasteiger partial charge in [0.2, 0.25) is 10.0 Å². The number of ether oxygens (including phenoxy) is 1. The van der Waals surface area contributed by atoms with Crippen LogP contribution in [0, 0.1) is 0 Å². The Morgan fingerprint density at radius 2 is 1.76 bits per heavy atom. The van der Waals surface area contributed by atoms with Gasteiger partial charge in [0.25, 0.3) is 0 Å². The number of nitrogens with zero attached hydrogens (tertiary/aromatic N) is 1. The highest BCUT2D eigenvalue weighted by molar-refractivity contribution is 7.89. The average molecular weight is 383 g/mol. The number of rotatable bonds is 2. The van der Waals surface area contributed by atoms with Gasteiger partial charge in [-0.15, -0.1) is 12.4 Å². The van der Waals surface area contributed by atoms with Gasteiger partial charge in [0.1, 0.15) is 0 Å². The predicted molar refractivity (Wildman–Crippen MR) is 100 cm³/mol. The summed E-state index contributed by atoms with van der Waals surface area (Å²) >= 11 is 0. The number of hydrogen-bond acceptors (Lipinski definition) is 4. The van der Waals surface area contributed by atoms with Crippen LogP contribution in [0.1, 0.15) is 19.3 Å². The van der Waals surface area contributed by atoms with E-state index in [9.17, 15) is 8.42 Å². The molecule has 1 spiro atoms. The van der Waals surface area contributed by atoms with Crippen molar-refractivity contribution in [2.24, 2.45) is 5.73 Å². The van der Waals surface area contributed by atoms with E-state index in [0.29, 0.717) is 37.4 Å². The molecule has 0 saturated carbocycles. The molecular weight excluding hydrogens is 360 g/mol. The molecule has 7 heteroatoms. The van der Waals surface area contributed by atoms with Crippen molar-refractivity contribution in [2.75, 3.05) is 19.7 Å². The lowest BCUT2D eigenvalue weighted by molar-refractivity contribution is -0.0310. The summed E-state index contributed by atoms with van der Waals surface area (Å²) in [6.45, 7) is 1.56. The van der Waals surface area contributed by atoms with Gasteiger partial charge in [-0.3, -0.25) is 0 Å². The topological polar surface area (TPSA) is 72.6 Å². The first kappa shape index (κ1) is 18.6. The lowest BCUT2D eigenvalue weighted by atomic mass is 9.88. The molecule has 2 aromatic carbocycles. The van der Waals surface area contributed by atoms with Crippen molar-refractivity contribution in [3.05, 3.63) is 42.5 Å². The van der Waals surface area contributed by atoms with Crippen molar-refractivity contribution in [2.45, 2.75) is 35.8 Å². The zero-order valence-corrected chi connectivity index (χ0v) is 15.6. The van der Waals surface area contributed by atoms with Crippen molar-refractivity contribution >= 4 is 33.2 Å². The number of hydrogen-bond donors (Lipinski definition) is 1. The number of fused-ring (bicyclic) bond motifs is 1. The van der Waals surface area contributed by atoms with Gasteiger partial charge in [0.05, 0.1) is 17.1 Å². The van der Waals surface area contributed by atoms with Gasteiger partial charge >= 0.3 is 0 Å². The molecule has 0 amide bonds. The van der Waals surface area contributed by atoms with Gasteiger partial charge in [-0.05, 0) is 42.2 Å². The molecule has 25 heavy (non-hydrogen) atoms. The number of piperidine rings is 1. The molecule has 2 aliphatic heterocycles. The molecule has 2 aliphatic rings. The summed E-state index contributed by atoms with van der Waals surface area (Å²) in [7, 11) is -3.47. The van der Waals surface area contributed by atoms with E-state index in [1.807, 2.05) is 30.3 Å². The predicted octanol–water partition coefficient (Wildman–Crippen LogP) is 2.53. The summed E-state index contributed by atoms with van der Waals surface area (Å²) in [5.41, 5.74) is 5.73. The molecular formula is C18H23ClN2O3S. The zero-order valence-electron chi connectivity index (χ0n) is 13.9. The normalized spacial score (nSPS) is 23.6. The van der Waals surface area contributed by atoms with Gasteiger partial charge in [-0.1, -0.05) is 30.3 Å². The summed E-state index contributed by atoms with van der Waals surface area (Å²) < 4.78 is 33.4. The molecule has 2 saturated heterocycles. The number of sulfonamides is 1. The third kappa shape index (κ3) is 3.41. The maximum Gasteiger partial charge on any atom is 0.243 e. The van der Waals surface area contributed by atoms with E-state index >= 15 is 0 Å². The number of nitrogens with two attached hydrogens (primary N) is 1. The van der Waals surface area contributed by atoms with Crippen molar-refractivity contribution in [3.63, 3.8) is 0 Å². The fourth-order valence-electron chi connectivity index (χ4n) is 3.84. The Kier molecular flexibility index (Phi) is 5.10. The molecule has 5 nitrogen and oxygen atoms in total. The molecule has 4 rings (SSSR count). The molecule has 2 fully saturated rings. The van der Waals surface area contributed by atoms with Crippen LogP contribution in [0.25, 0.3) is 10.8 Å². The molecule has 0 unspecified atom stereocenters. The Labute approximate surface area is 154 Å². The maximum absolute atomic E-state index is 13.0. The standard InChI is InChI=1S/C18H22N2O3S.ClH/c19-16-12-18(23-13-16)7-9-20(10-8-18)24(21,22)17-6-5-14-3-1-2-4-15(14)11-17;/h1-6,11,16H,7-10,12-13,19H2;1H/t16-;/m0./s1. The second kappa shape index (κ2) is 6.85. The second-order valence-corrected chi connectivity index (χ2v) is 8.81. The van der Waals surface area contributed by atoms with E-state index in [0.717, 1.165) is 17.2 Å². The summed E-state index contributed by atoms with van der Waals surface area (Å²) in [6, 6.07) is 13.2. The number of benzene rings is 2. The fourth-order valence-corrected chi connectivity index (χ4v) is 5.32. The van der Waals surface area contributed by atoms with E-state index in [1.54, 1.807) is 16.4 Å². The van der Waals surface area contributed by atoms with Gasteiger partial charge in [-0.2, -0.15) is 4.31 Å². The van der Waals surface area contributed by atoms with Crippen LogP contribution in [0.4, 0.5) is 0 Å². The van der Waals surface area contributed by atoms with Gasteiger partial charge in [0.15, 0.2) is 0 Å². The summed E-state index contributed by atoms with van der Waals surface area (Å²) in [4.78, 5) is 0.362. The average Bonchev–Trinajstić information content (AvgIpc) is 2.95. The highest BCUT2D eigenvalue weighted by atomic mass is 35.5. The summed E-state index contributed by atoms with van der Waals surface area (Å²) in [6.07, 6.45) is 2.26. The minimum absolute atomic E-state index is 0. The Morgan fingerprint density at radius 1 is 1.08 bits per heavy atom. The van der Waals surface area contributed by atoms with E-state index < -0.39 is 10.0 Å². The van der Waals surface area contributed by atoms with E-state index in [4.69, 9.17) is 10.5 Å². The van der Waals surface area contributed by atoms with Crippen LogP contribution in [0.3, 0.4) is 0 Å². The van der Waals surface area contributed by atoms with Gasteiger partial charge in [0, 0.05) is 19.1 Å². The molecule has 136 valence electrons. The van der Waals surface area contributed by atoms with Crippen molar-refractivity contribution in [3.8, 4) is 0 Å². The minimum Gasteiger partial charge on any atom is -0.373 e. The van der Waals surface area contributed by atoms with Crippen LogP contribution in [0.15, 0.2) is 47.4 Å². The monoisotopic (exact) mass is 382 g/mol. The molecule has 0 bridgehead atoms. The van der Waals surface area contributed by atoms with Crippen LogP contribution < -0.4 is 5.73 Å². The molecule has 2 aromatic rings. The summed E-state index contributed by atoms with van der Waals surface area (Å²) in [5, 5.41) is 1.99. The van der Waals surface area contributed by atoms with Gasteiger partial charge < -0.3 is 10.5 Å². The molecule has 0 radical (unpaired) electrons. The van der Waals surface area contributed by atoms with E-state index in [1.165, 1.54) is 0 Å². The van der Waals surface area contributed by atoms with Crippen LogP contribution in [-0.2, 0) is 14.8 Å². The largest absolute Gasteiger partial charge is 0.373 e. The van der Waals surface area contributed by atoms with Gasteiger partial charge in [-0.25, -0.2) is 8.42 Å². The fraction of sp³-hybridized carbons (Fsp3) is 0.444. The molecule has 0 aliphatic carbocycles. The Balaban J connectivity index is 0.00000182. The third-order valence-corrected chi connectivity index (χ3v) is 7.12. The maximum atomic E-state index is 13.0. The molecule has 0 aromatic heterocycles. The SMILES string of the molecule is Cl.N[C@@H]1COC2(CCN(S(=O)(=O)c3ccc4ccccc4c3)CC2)C1. The highest BCUT2D eigenvalue weighted by Gasteiger charge is 2.43. The first-order chi connectivity index (χ1) is 11.5. The smallest absolute Gasteiger partial charge is 0.243 e. The van der Waals surface area contributed by atoms with Crippen LogP contribution in [-0.4, -0.2) is 44.1 Å². The molecule has 1 atom stereocenters. The van der Waals surface area contributed by atoms with Crippen molar-refractivity contribution < 1.29 is 13.2 Å². The lowest BCUT2D eigenvalue weighted by Gasteiger charge is -2.37. The van der Waals surface area contributed by atoms with Crippen molar-refractivity contribution in [1.82, 2.24) is 4.31 Å². The summed E-state index contributed by atoms with van der Waals surface area (Å²) in [5.74, 6) is 0. The van der Waals surface area contributed by atoms with E-state index in [-0.39, 0.29) is 24.0 Å². The first-order valence-corrected chi connectivity index (χ1v) is 9.81. The molecule has 2 heterocycles. The first-order valence-electron chi connectivity index (χ1n) is 8.37.